The minimum absolute atomic E-state index is 0.00657. The van der Waals surface area contributed by atoms with Crippen LogP contribution in [0.5, 0.6) is 0 Å². The first-order chi connectivity index (χ1) is 11.8. The van der Waals surface area contributed by atoms with Crippen molar-refractivity contribution in [1.29, 1.82) is 0 Å². The molecule has 0 saturated carbocycles. The molecule has 142 valence electrons. The Morgan fingerprint density at radius 1 is 1.32 bits per heavy atom. The number of nitrogens with two attached hydrogens (primary N) is 2. The molecular weight excluding hydrogens is 348 g/mol. The van der Waals surface area contributed by atoms with Crippen molar-refractivity contribution < 1.29 is 24.3 Å². The van der Waals surface area contributed by atoms with E-state index in [1.165, 1.54) is 16.7 Å². The van der Waals surface area contributed by atoms with E-state index in [0.29, 0.717) is 31.6 Å². The number of carboxylic acids is 1. The molecule has 0 radical (unpaired) electrons. The first kappa shape index (κ1) is 21.2. The fraction of sp³-hybridized carbons (Fsp3) is 0.733. The zero-order valence-corrected chi connectivity index (χ0v) is 15.1. The molecule has 3 atom stereocenters. The van der Waals surface area contributed by atoms with Crippen molar-refractivity contribution in [1.82, 2.24) is 10.2 Å². The van der Waals surface area contributed by atoms with Crippen LogP contribution in [0.3, 0.4) is 0 Å². The normalized spacial score (nSPS) is 19.3. The van der Waals surface area contributed by atoms with Gasteiger partial charge in [-0.25, -0.2) is 4.79 Å². The van der Waals surface area contributed by atoms with Gasteiger partial charge in [0.25, 0.3) is 0 Å². The van der Waals surface area contributed by atoms with E-state index >= 15 is 0 Å². The Bertz CT molecular complexity index is 516. The molecule has 25 heavy (non-hydrogen) atoms. The molecule has 9 nitrogen and oxygen atoms in total. The van der Waals surface area contributed by atoms with Crippen molar-refractivity contribution in [2.45, 2.75) is 50.2 Å². The second-order valence-electron chi connectivity index (χ2n) is 5.98. The summed E-state index contributed by atoms with van der Waals surface area (Å²) in [5, 5.41) is 11.7. The topological polar surface area (TPSA) is 156 Å². The van der Waals surface area contributed by atoms with Crippen LogP contribution in [0.2, 0.25) is 0 Å². The first-order valence-electron chi connectivity index (χ1n) is 8.14. The van der Waals surface area contributed by atoms with E-state index < -0.39 is 41.8 Å². The van der Waals surface area contributed by atoms with E-state index in [1.807, 2.05) is 6.26 Å². The average molecular weight is 374 g/mol. The van der Waals surface area contributed by atoms with Gasteiger partial charge in [-0.05, 0) is 37.7 Å². The number of thioether (sulfide) groups is 1. The predicted octanol–water partition coefficient (Wildman–Crippen LogP) is -1.11. The van der Waals surface area contributed by atoms with Crippen LogP contribution in [0, 0.1) is 0 Å². The molecule has 0 aromatic heterocycles. The molecule has 0 unspecified atom stereocenters. The highest BCUT2D eigenvalue weighted by Crippen LogP contribution is 2.19. The molecule has 1 heterocycles. The van der Waals surface area contributed by atoms with Gasteiger partial charge in [0, 0.05) is 13.0 Å². The number of nitrogens with one attached hydrogen (secondary N) is 1. The molecule has 0 bridgehead atoms. The number of amides is 3. The number of aliphatic carboxylic acids is 1. The molecule has 0 aromatic carbocycles. The van der Waals surface area contributed by atoms with Gasteiger partial charge in [0.15, 0.2) is 0 Å². The Balaban J connectivity index is 2.68. The molecule has 1 aliphatic rings. The Morgan fingerprint density at radius 3 is 2.56 bits per heavy atom. The van der Waals surface area contributed by atoms with Crippen LogP contribution in [0.25, 0.3) is 0 Å². The van der Waals surface area contributed by atoms with Crippen molar-refractivity contribution >= 4 is 35.5 Å². The average Bonchev–Trinajstić information content (AvgIpc) is 3.04. The summed E-state index contributed by atoms with van der Waals surface area (Å²) in [5.74, 6) is -1.95. The van der Waals surface area contributed by atoms with Crippen LogP contribution in [0.4, 0.5) is 0 Å². The van der Waals surface area contributed by atoms with Gasteiger partial charge in [-0.3, -0.25) is 14.4 Å². The maximum atomic E-state index is 12.4. The summed E-state index contributed by atoms with van der Waals surface area (Å²) >= 11 is 1.49. The van der Waals surface area contributed by atoms with Crippen LogP contribution in [-0.2, 0) is 19.2 Å². The Hall–Kier alpha value is -1.81. The van der Waals surface area contributed by atoms with Gasteiger partial charge in [0.05, 0.1) is 6.04 Å². The van der Waals surface area contributed by atoms with Gasteiger partial charge in [-0.2, -0.15) is 11.8 Å². The van der Waals surface area contributed by atoms with E-state index in [9.17, 15) is 24.3 Å². The highest BCUT2D eigenvalue weighted by Gasteiger charge is 2.37. The van der Waals surface area contributed by atoms with Gasteiger partial charge < -0.3 is 26.8 Å². The summed E-state index contributed by atoms with van der Waals surface area (Å²) in [7, 11) is 0. The number of hydrogen-bond acceptors (Lipinski definition) is 6. The van der Waals surface area contributed by atoms with Crippen LogP contribution >= 0.6 is 11.8 Å². The van der Waals surface area contributed by atoms with E-state index in [-0.39, 0.29) is 12.8 Å². The van der Waals surface area contributed by atoms with Gasteiger partial charge in [-0.15, -0.1) is 0 Å². The molecule has 1 rings (SSSR count). The zero-order valence-electron chi connectivity index (χ0n) is 14.3. The van der Waals surface area contributed by atoms with E-state index in [4.69, 9.17) is 11.5 Å². The third-order valence-corrected chi connectivity index (χ3v) is 4.73. The molecule has 1 saturated heterocycles. The number of carboxylic acid groups (broad SMARTS) is 1. The third kappa shape index (κ3) is 6.54. The van der Waals surface area contributed by atoms with Crippen LogP contribution < -0.4 is 16.8 Å². The molecule has 1 fully saturated rings. The van der Waals surface area contributed by atoms with E-state index in [0.717, 1.165) is 0 Å². The lowest BCUT2D eigenvalue weighted by atomic mass is 10.1. The summed E-state index contributed by atoms with van der Waals surface area (Å²) in [6, 6.07) is -2.63. The minimum Gasteiger partial charge on any atom is -0.480 e. The second kappa shape index (κ2) is 10.2. The molecule has 10 heteroatoms. The van der Waals surface area contributed by atoms with Crippen molar-refractivity contribution in [2.75, 3.05) is 18.6 Å². The Kier molecular flexibility index (Phi) is 8.70. The summed E-state index contributed by atoms with van der Waals surface area (Å²) in [6.45, 7) is 0.379. The number of likely N-dealkylation sites (tertiary alicyclic amines) is 1. The monoisotopic (exact) mass is 374 g/mol. The van der Waals surface area contributed by atoms with E-state index in [1.54, 1.807) is 0 Å². The lowest BCUT2D eigenvalue weighted by Crippen LogP contribution is -2.54. The fourth-order valence-corrected chi connectivity index (χ4v) is 3.17. The van der Waals surface area contributed by atoms with Crippen molar-refractivity contribution in [2.24, 2.45) is 11.5 Å². The second-order valence-corrected chi connectivity index (χ2v) is 6.97. The number of nitrogens with zero attached hydrogens (tertiary/aromatic N) is 1. The number of carbonyl (C=O) groups is 4. The summed E-state index contributed by atoms with van der Waals surface area (Å²) in [6.07, 6.45) is 3.36. The summed E-state index contributed by atoms with van der Waals surface area (Å²) < 4.78 is 0. The Labute approximate surface area is 150 Å². The van der Waals surface area contributed by atoms with Crippen LogP contribution in [0.15, 0.2) is 0 Å². The third-order valence-electron chi connectivity index (χ3n) is 4.08. The lowest BCUT2D eigenvalue weighted by Gasteiger charge is -2.27. The lowest BCUT2D eigenvalue weighted by molar-refractivity contribution is -0.144. The Morgan fingerprint density at radius 2 is 2.00 bits per heavy atom. The minimum atomic E-state index is -1.10. The number of primary amides is 1. The zero-order chi connectivity index (χ0) is 19.0. The fourth-order valence-electron chi connectivity index (χ4n) is 2.70. The molecule has 0 aliphatic carbocycles. The largest absolute Gasteiger partial charge is 0.480 e. The predicted molar refractivity (Wildman–Crippen MR) is 93.7 cm³/mol. The summed E-state index contributed by atoms with van der Waals surface area (Å²) in [4.78, 5) is 48.3. The SMILES string of the molecule is CSCC[C@H](NC(=O)[C@@H]1CCCN1C(=O)[C@@H](N)CCC(N)=O)C(=O)O. The molecule has 1 aliphatic heterocycles. The molecule has 3 amide bonds. The molecule has 0 spiro atoms. The van der Waals surface area contributed by atoms with Gasteiger partial charge in [0.2, 0.25) is 17.7 Å². The summed E-state index contributed by atoms with van der Waals surface area (Å²) in [5.41, 5.74) is 10.8. The maximum absolute atomic E-state index is 12.4. The quantitative estimate of drug-likeness (QED) is 0.378. The van der Waals surface area contributed by atoms with Gasteiger partial charge in [0.1, 0.15) is 12.1 Å². The smallest absolute Gasteiger partial charge is 0.326 e. The van der Waals surface area contributed by atoms with Crippen molar-refractivity contribution in [3.05, 3.63) is 0 Å². The first-order valence-corrected chi connectivity index (χ1v) is 9.53. The van der Waals surface area contributed by atoms with Gasteiger partial charge >= 0.3 is 5.97 Å². The van der Waals surface area contributed by atoms with Gasteiger partial charge in [-0.1, -0.05) is 0 Å². The molecule has 0 aromatic rings. The van der Waals surface area contributed by atoms with E-state index in [2.05, 4.69) is 5.32 Å². The highest BCUT2D eigenvalue weighted by molar-refractivity contribution is 7.98. The number of hydrogen-bond donors (Lipinski definition) is 4. The van der Waals surface area contributed by atoms with Crippen molar-refractivity contribution in [3.8, 4) is 0 Å². The molecule has 6 N–H and O–H groups in total. The number of carbonyl (C=O) groups excluding carboxylic acids is 3. The van der Waals surface area contributed by atoms with Crippen molar-refractivity contribution in [3.63, 3.8) is 0 Å². The highest BCUT2D eigenvalue weighted by atomic mass is 32.2. The van der Waals surface area contributed by atoms with Crippen LogP contribution in [-0.4, -0.2) is 70.4 Å². The number of rotatable bonds is 10. The standard InChI is InChI=1S/C15H26N4O5S/c1-25-8-6-10(15(23)24)18-13(21)11-3-2-7-19(11)14(22)9(16)4-5-12(17)20/h9-11H,2-8,16H2,1H3,(H2,17,20)(H,18,21)(H,23,24)/t9-,10-,11-/m0/s1. The molecular formula is C15H26N4O5S. The maximum Gasteiger partial charge on any atom is 0.326 e. The van der Waals surface area contributed by atoms with Crippen LogP contribution in [0.1, 0.15) is 32.1 Å².